The molecule has 4 rings (SSSR count). The Labute approximate surface area is 152 Å². The number of carbonyl (C=O) groups excluding carboxylic acids is 1. The third-order valence-corrected chi connectivity index (χ3v) is 6.68. The summed E-state index contributed by atoms with van der Waals surface area (Å²) in [6, 6.07) is 16.1. The number of ether oxygens (including phenoxy) is 1. The molecule has 1 amide bonds. The highest BCUT2D eigenvalue weighted by atomic mass is 32.2. The maximum atomic E-state index is 13.4. The number of amides is 1. The van der Waals surface area contributed by atoms with Gasteiger partial charge in [-0.1, -0.05) is 48.5 Å². The fourth-order valence-electron chi connectivity index (χ4n) is 3.47. The summed E-state index contributed by atoms with van der Waals surface area (Å²) in [7, 11) is -3.74. The summed E-state index contributed by atoms with van der Waals surface area (Å²) in [5.74, 6) is -0.622. The quantitative estimate of drug-likeness (QED) is 0.886. The van der Waals surface area contributed by atoms with Gasteiger partial charge in [-0.2, -0.15) is 4.31 Å². The van der Waals surface area contributed by atoms with Gasteiger partial charge in [0.1, 0.15) is 0 Å². The Bertz CT molecular complexity index is 914. The zero-order chi connectivity index (χ0) is 18.1. The first-order valence-electron chi connectivity index (χ1n) is 8.58. The van der Waals surface area contributed by atoms with Crippen LogP contribution in [-0.2, 0) is 19.6 Å². The number of nitrogens with one attached hydrogen (secondary N) is 1. The fourth-order valence-corrected chi connectivity index (χ4v) is 5.22. The molecule has 2 aromatic rings. The van der Waals surface area contributed by atoms with E-state index in [1.54, 1.807) is 12.1 Å². The van der Waals surface area contributed by atoms with Crippen LogP contribution in [0.2, 0.25) is 0 Å². The van der Waals surface area contributed by atoms with Crippen molar-refractivity contribution in [3.05, 3.63) is 54.6 Å². The van der Waals surface area contributed by atoms with E-state index in [9.17, 15) is 13.2 Å². The van der Waals surface area contributed by atoms with Crippen molar-refractivity contribution in [2.45, 2.75) is 10.9 Å². The van der Waals surface area contributed by atoms with Crippen molar-refractivity contribution in [3.8, 4) is 11.1 Å². The molecule has 2 atom stereocenters. The standard InChI is InChI=1S/C19H20N2O4S/c22-19-15-10-21(11-16(20-19)13-25-12-15)26(23,24)18-9-5-4-8-17(18)14-6-2-1-3-7-14/h1-9,15-16H,10-13H2,(H,20,22). The Morgan fingerprint density at radius 2 is 1.69 bits per heavy atom. The van der Waals surface area contributed by atoms with Crippen molar-refractivity contribution in [1.29, 1.82) is 0 Å². The minimum absolute atomic E-state index is 0.133. The van der Waals surface area contributed by atoms with Crippen molar-refractivity contribution < 1.29 is 17.9 Å². The average Bonchev–Trinajstić information content (AvgIpc) is 2.91. The van der Waals surface area contributed by atoms with Gasteiger partial charge in [-0.05, 0) is 11.6 Å². The number of rotatable bonds is 3. The van der Waals surface area contributed by atoms with Crippen LogP contribution >= 0.6 is 0 Å². The lowest BCUT2D eigenvalue weighted by Gasteiger charge is -2.27. The fraction of sp³-hybridized carbons (Fsp3) is 0.316. The number of hydrogen-bond acceptors (Lipinski definition) is 4. The predicted octanol–water partition coefficient (Wildman–Crippen LogP) is 1.49. The normalized spacial score (nSPS) is 23.9. The van der Waals surface area contributed by atoms with Crippen LogP contribution in [-0.4, -0.2) is 51.0 Å². The Balaban J connectivity index is 1.75. The second kappa shape index (κ2) is 6.83. The molecular weight excluding hydrogens is 352 g/mol. The highest BCUT2D eigenvalue weighted by molar-refractivity contribution is 7.89. The smallest absolute Gasteiger partial charge is 0.243 e. The van der Waals surface area contributed by atoms with E-state index in [2.05, 4.69) is 5.32 Å². The van der Waals surface area contributed by atoms with E-state index in [1.165, 1.54) is 4.31 Å². The molecule has 2 saturated heterocycles. The molecule has 0 saturated carbocycles. The lowest BCUT2D eigenvalue weighted by atomic mass is 10.1. The van der Waals surface area contributed by atoms with E-state index in [1.807, 2.05) is 42.5 Å². The van der Waals surface area contributed by atoms with Gasteiger partial charge in [0.2, 0.25) is 15.9 Å². The first kappa shape index (κ1) is 17.2. The number of carbonyl (C=O) groups is 1. The molecule has 1 N–H and O–H groups in total. The van der Waals surface area contributed by atoms with E-state index in [0.717, 1.165) is 5.56 Å². The number of nitrogens with zero attached hydrogens (tertiary/aromatic N) is 1. The first-order chi connectivity index (χ1) is 12.6. The van der Waals surface area contributed by atoms with Crippen LogP contribution in [0, 0.1) is 5.92 Å². The van der Waals surface area contributed by atoms with Crippen molar-refractivity contribution in [2.75, 3.05) is 26.3 Å². The monoisotopic (exact) mass is 372 g/mol. The van der Waals surface area contributed by atoms with Gasteiger partial charge in [-0.15, -0.1) is 0 Å². The molecule has 6 nitrogen and oxygen atoms in total. The largest absolute Gasteiger partial charge is 0.378 e. The van der Waals surface area contributed by atoms with Gasteiger partial charge in [-0.3, -0.25) is 4.79 Å². The van der Waals surface area contributed by atoms with Crippen LogP contribution in [0.25, 0.3) is 11.1 Å². The second-order valence-electron chi connectivity index (χ2n) is 6.62. The molecule has 136 valence electrons. The first-order valence-corrected chi connectivity index (χ1v) is 10.0. The summed E-state index contributed by atoms with van der Waals surface area (Å²) in [6.07, 6.45) is 0. The molecule has 2 aromatic carbocycles. The van der Waals surface area contributed by atoms with E-state index in [0.29, 0.717) is 12.2 Å². The van der Waals surface area contributed by atoms with Gasteiger partial charge in [0, 0.05) is 18.7 Å². The van der Waals surface area contributed by atoms with Gasteiger partial charge in [0.25, 0.3) is 0 Å². The molecule has 2 unspecified atom stereocenters. The third kappa shape index (κ3) is 3.13. The molecule has 2 bridgehead atoms. The Kier molecular flexibility index (Phi) is 4.52. The van der Waals surface area contributed by atoms with Gasteiger partial charge < -0.3 is 10.1 Å². The zero-order valence-corrected chi connectivity index (χ0v) is 15.0. The van der Waals surface area contributed by atoms with Crippen molar-refractivity contribution >= 4 is 15.9 Å². The van der Waals surface area contributed by atoms with Crippen LogP contribution in [0.3, 0.4) is 0 Å². The summed E-state index contributed by atoms with van der Waals surface area (Å²) >= 11 is 0. The van der Waals surface area contributed by atoms with Gasteiger partial charge in [-0.25, -0.2) is 8.42 Å². The minimum atomic E-state index is -3.74. The lowest BCUT2D eigenvalue weighted by molar-refractivity contribution is -0.125. The molecule has 0 aromatic heterocycles. The molecule has 26 heavy (non-hydrogen) atoms. The highest BCUT2D eigenvalue weighted by Gasteiger charge is 2.39. The summed E-state index contributed by atoms with van der Waals surface area (Å²) in [5, 5.41) is 2.87. The Morgan fingerprint density at radius 3 is 2.50 bits per heavy atom. The number of hydrogen-bond donors (Lipinski definition) is 1. The summed E-state index contributed by atoms with van der Waals surface area (Å²) in [6.45, 7) is 0.921. The molecule has 2 heterocycles. The second-order valence-corrected chi connectivity index (χ2v) is 8.53. The number of benzene rings is 2. The molecule has 2 fully saturated rings. The number of sulfonamides is 1. The highest BCUT2D eigenvalue weighted by Crippen LogP contribution is 2.30. The van der Waals surface area contributed by atoms with E-state index >= 15 is 0 Å². The van der Waals surface area contributed by atoms with Crippen LogP contribution in [0.5, 0.6) is 0 Å². The third-order valence-electron chi connectivity index (χ3n) is 4.79. The van der Waals surface area contributed by atoms with Crippen molar-refractivity contribution in [1.82, 2.24) is 9.62 Å². The van der Waals surface area contributed by atoms with Gasteiger partial charge in [0.15, 0.2) is 0 Å². The number of fused-ring (bicyclic) bond motifs is 3. The van der Waals surface area contributed by atoms with Gasteiger partial charge >= 0.3 is 0 Å². The molecule has 0 radical (unpaired) electrons. The predicted molar refractivity (Wildman–Crippen MR) is 96.9 cm³/mol. The maximum Gasteiger partial charge on any atom is 0.243 e. The molecular formula is C19H20N2O4S. The van der Waals surface area contributed by atoms with Crippen LogP contribution in [0.1, 0.15) is 0 Å². The van der Waals surface area contributed by atoms with E-state index in [4.69, 9.17) is 4.74 Å². The zero-order valence-electron chi connectivity index (χ0n) is 14.2. The SMILES string of the molecule is O=C1NC2COCC1CN(S(=O)(=O)c1ccccc1-c1ccccc1)C2. The van der Waals surface area contributed by atoms with Gasteiger partial charge in [0.05, 0.1) is 30.1 Å². The van der Waals surface area contributed by atoms with E-state index in [-0.39, 0.29) is 36.5 Å². The Morgan fingerprint density at radius 1 is 0.962 bits per heavy atom. The minimum Gasteiger partial charge on any atom is -0.378 e. The van der Waals surface area contributed by atoms with Crippen LogP contribution in [0.15, 0.2) is 59.5 Å². The summed E-state index contributed by atoms with van der Waals surface area (Å²) < 4.78 is 33.7. The summed E-state index contributed by atoms with van der Waals surface area (Å²) in [4.78, 5) is 12.4. The lowest BCUT2D eigenvalue weighted by Crippen LogP contribution is -2.44. The van der Waals surface area contributed by atoms with Crippen molar-refractivity contribution in [2.24, 2.45) is 5.92 Å². The van der Waals surface area contributed by atoms with Crippen LogP contribution < -0.4 is 5.32 Å². The molecule has 0 aliphatic carbocycles. The summed E-state index contributed by atoms with van der Waals surface area (Å²) in [5.41, 5.74) is 1.51. The molecule has 0 spiro atoms. The molecule has 2 aliphatic rings. The molecule has 7 heteroatoms. The van der Waals surface area contributed by atoms with Crippen LogP contribution in [0.4, 0.5) is 0 Å². The van der Waals surface area contributed by atoms with E-state index < -0.39 is 15.9 Å². The van der Waals surface area contributed by atoms with Crippen molar-refractivity contribution in [3.63, 3.8) is 0 Å². The Hall–Kier alpha value is -2.22. The molecule has 2 aliphatic heterocycles. The average molecular weight is 372 g/mol. The topological polar surface area (TPSA) is 75.7 Å². The maximum absolute atomic E-state index is 13.4.